The Morgan fingerprint density at radius 2 is 2.13 bits per heavy atom. The van der Waals surface area contributed by atoms with E-state index in [9.17, 15) is 4.79 Å². The summed E-state index contributed by atoms with van der Waals surface area (Å²) in [4.78, 5) is 22.4. The Kier molecular flexibility index (Phi) is 5.28. The van der Waals surface area contributed by atoms with Crippen molar-refractivity contribution in [3.63, 3.8) is 0 Å². The van der Waals surface area contributed by atoms with Crippen LogP contribution in [0.5, 0.6) is 0 Å². The first-order valence-electron chi connectivity index (χ1n) is 8.30. The van der Waals surface area contributed by atoms with Crippen molar-refractivity contribution in [1.29, 1.82) is 0 Å². The fourth-order valence-electron chi connectivity index (χ4n) is 3.18. The van der Waals surface area contributed by atoms with Gasteiger partial charge in [0.15, 0.2) is 0 Å². The Hall–Kier alpha value is -1.88. The van der Waals surface area contributed by atoms with E-state index in [1.165, 1.54) is 11.3 Å². The molecule has 2 aromatic heterocycles. The van der Waals surface area contributed by atoms with Gasteiger partial charge in [-0.1, -0.05) is 19.1 Å². The van der Waals surface area contributed by atoms with Gasteiger partial charge >= 0.3 is 0 Å². The molecule has 0 saturated carbocycles. The molecule has 0 radical (unpaired) electrons. The number of hydrogen-bond donors (Lipinski definition) is 0. The standard InChI is InChI=1S/C18H23N3OS/c1-2-11-21(18(22)16-6-5-14-23-16)15-8-12-20(13-9-15)17-7-3-4-10-19-17/h3-7,10,14-15H,2,8-9,11-13H2,1H3. The largest absolute Gasteiger partial charge is 0.356 e. The van der Waals surface area contributed by atoms with Gasteiger partial charge in [0, 0.05) is 31.9 Å². The van der Waals surface area contributed by atoms with E-state index < -0.39 is 0 Å². The molecule has 0 aromatic carbocycles. The molecule has 1 fully saturated rings. The molecule has 23 heavy (non-hydrogen) atoms. The molecule has 122 valence electrons. The van der Waals surface area contributed by atoms with Crippen LogP contribution in [0.1, 0.15) is 35.9 Å². The lowest BCUT2D eigenvalue weighted by Crippen LogP contribution is -2.47. The van der Waals surface area contributed by atoms with Crippen LogP contribution >= 0.6 is 11.3 Å². The minimum atomic E-state index is 0.193. The van der Waals surface area contributed by atoms with Crippen LogP contribution in [0.4, 0.5) is 5.82 Å². The van der Waals surface area contributed by atoms with E-state index >= 15 is 0 Å². The minimum absolute atomic E-state index is 0.193. The number of aromatic nitrogens is 1. The highest BCUT2D eigenvalue weighted by Gasteiger charge is 2.28. The normalized spacial score (nSPS) is 15.6. The molecular formula is C18H23N3OS. The molecule has 3 rings (SSSR count). The fourth-order valence-corrected chi connectivity index (χ4v) is 3.86. The SMILES string of the molecule is CCCN(C(=O)c1cccs1)C1CCN(c2ccccn2)CC1. The second-order valence-electron chi connectivity index (χ2n) is 5.88. The van der Waals surface area contributed by atoms with Gasteiger partial charge in [0.2, 0.25) is 0 Å². The molecule has 1 amide bonds. The summed E-state index contributed by atoms with van der Waals surface area (Å²) in [5, 5.41) is 1.97. The van der Waals surface area contributed by atoms with E-state index in [1.807, 2.05) is 35.8 Å². The third-order valence-electron chi connectivity index (χ3n) is 4.34. The van der Waals surface area contributed by atoms with Gasteiger partial charge in [-0.3, -0.25) is 4.79 Å². The summed E-state index contributed by atoms with van der Waals surface area (Å²) in [6, 6.07) is 10.2. The van der Waals surface area contributed by atoms with Gasteiger partial charge in [0.25, 0.3) is 5.91 Å². The second kappa shape index (κ2) is 7.59. The molecule has 1 aliphatic rings. The van der Waals surface area contributed by atoms with Gasteiger partial charge in [-0.2, -0.15) is 0 Å². The Balaban J connectivity index is 1.65. The topological polar surface area (TPSA) is 36.4 Å². The molecule has 0 atom stereocenters. The summed E-state index contributed by atoms with van der Waals surface area (Å²) in [6.45, 7) is 4.89. The van der Waals surface area contributed by atoms with Crippen molar-refractivity contribution in [2.75, 3.05) is 24.5 Å². The van der Waals surface area contributed by atoms with Crippen LogP contribution in [0.15, 0.2) is 41.9 Å². The van der Waals surface area contributed by atoms with Gasteiger partial charge in [-0.15, -0.1) is 11.3 Å². The van der Waals surface area contributed by atoms with Crippen LogP contribution in [0.2, 0.25) is 0 Å². The van der Waals surface area contributed by atoms with E-state index in [0.717, 1.165) is 49.6 Å². The number of anilines is 1. The first-order valence-corrected chi connectivity index (χ1v) is 9.18. The third-order valence-corrected chi connectivity index (χ3v) is 5.19. The molecule has 1 saturated heterocycles. The third kappa shape index (κ3) is 3.72. The molecule has 4 nitrogen and oxygen atoms in total. The predicted molar refractivity (Wildman–Crippen MR) is 95.1 cm³/mol. The van der Waals surface area contributed by atoms with Crippen LogP contribution in [0, 0.1) is 0 Å². The lowest BCUT2D eigenvalue weighted by molar-refractivity contribution is 0.0655. The highest BCUT2D eigenvalue weighted by molar-refractivity contribution is 7.12. The van der Waals surface area contributed by atoms with Gasteiger partial charge in [-0.25, -0.2) is 4.98 Å². The summed E-state index contributed by atoms with van der Waals surface area (Å²) in [6.07, 6.45) is 4.85. The molecule has 1 aliphatic heterocycles. The number of carbonyl (C=O) groups excluding carboxylic acids is 1. The van der Waals surface area contributed by atoms with E-state index in [2.05, 4.69) is 27.8 Å². The zero-order valence-electron chi connectivity index (χ0n) is 13.5. The Bertz CT molecular complexity index is 606. The van der Waals surface area contributed by atoms with Crippen molar-refractivity contribution in [2.45, 2.75) is 32.2 Å². The average molecular weight is 329 g/mol. The van der Waals surface area contributed by atoms with Crippen molar-refractivity contribution in [3.05, 3.63) is 46.8 Å². The molecule has 0 spiro atoms. The molecular weight excluding hydrogens is 306 g/mol. The van der Waals surface area contributed by atoms with Crippen molar-refractivity contribution in [1.82, 2.24) is 9.88 Å². The summed E-state index contributed by atoms with van der Waals surface area (Å²) in [5.74, 6) is 1.23. The monoisotopic (exact) mass is 329 g/mol. The van der Waals surface area contributed by atoms with E-state index in [0.29, 0.717) is 6.04 Å². The zero-order chi connectivity index (χ0) is 16.1. The van der Waals surface area contributed by atoms with Gasteiger partial charge in [0.05, 0.1) is 4.88 Å². The van der Waals surface area contributed by atoms with Crippen LogP contribution in [-0.4, -0.2) is 41.5 Å². The summed E-state index contributed by atoms with van der Waals surface area (Å²) >= 11 is 1.54. The average Bonchev–Trinajstić information content (AvgIpc) is 3.15. The van der Waals surface area contributed by atoms with Gasteiger partial charge in [0.1, 0.15) is 5.82 Å². The maximum absolute atomic E-state index is 12.8. The molecule has 0 bridgehead atoms. The maximum Gasteiger partial charge on any atom is 0.264 e. The number of thiophene rings is 1. The molecule has 0 unspecified atom stereocenters. The molecule has 5 heteroatoms. The summed E-state index contributed by atoms with van der Waals surface area (Å²) in [7, 11) is 0. The zero-order valence-corrected chi connectivity index (χ0v) is 14.3. The summed E-state index contributed by atoms with van der Waals surface area (Å²) < 4.78 is 0. The maximum atomic E-state index is 12.8. The lowest BCUT2D eigenvalue weighted by Gasteiger charge is -2.38. The van der Waals surface area contributed by atoms with E-state index in [1.54, 1.807) is 0 Å². The molecule has 3 heterocycles. The van der Waals surface area contributed by atoms with Crippen molar-refractivity contribution < 1.29 is 4.79 Å². The molecule has 0 aliphatic carbocycles. The van der Waals surface area contributed by atoms with E-state index in [4.69, 9.17) is 0 Å². The highest BCUT2D eigenvalue weighted by Crippen LogP contribution is 2.23. The van der Waals surface area contributed by atoms with Crippen molar-refractivity contribution >= 4 is 23.1 Å². The quantitative estimate of drug-likeness (QED) is 0.840. The first-order chi connectivity index (χ1) is 11.3. The Labute approximate surface area is 141 Å². The number of rotatable bonds is 5. The number of hydrogen-bond acceptors (Lipinski definition) is 4. The van der Waals surface area contributed by atoms with Gasteiger partial charge in [-0.05, 0) is 42.8 Å². The van der Waals surface area contributed by atoms with E-state index in [-0.39, 0.29) is 5.91 Å². The smallest absolute Gasteiger partial charge is 0.264 e. The molecule has 2 aromatic rings. The minimum Gasteiger partial charge on any atom is -0.356 e. The number of carbonyl (C=O) groups is 1. The van der Waals surface area contributed by atoms with Crippen molar-refractivity contribution in [3.8, 4) is 0 Å². The first kappa shape index (κ1) is 16.0. The molecule has 0 N–H and O–H groups in total. The van der Waals surface area contributed by atoms with Crippen LogP contribution < -0.4 is 4.90 Å². The Morgan fingerprint density at radius 1 is 1.30 bits per heavy atom. The van der Waals surface area contributed by atoms with Gasteiger partial charge < -0.3 is 9.80 Å². The van der Waals surface area contributed by atoms with Crippen molar-refractivity contribution in [2.24, 2.45) is 0 Å². The second-order valence-corrected chi connectivity index (χ2v) is 6.83. The number of pyridine rings is 1. The number of amides is 1. The highest BCUT2D eigenvalue weighted by atomic mass is 32.1. The number of piperidine rings is 1. The predicted octanol–water partition coefficient (Wildman–Crippen LogP) is 3.66. The number of nitrogens with zero attached hydrogens (tertiary/aromatic N) is 3. The summed E-state index contributed by atoms with van der Waals surface area (Å²) in [5.41, 5.74) is 0. The fraction of sp³-hybridized carbons (Fsp3) is 0.444. The lowest BCUT2D eigenvalue weighted by atomic mass is 10.0. The van der Waals surface area contributed by atoms with Crippen LogP contribution in [0.25, 0.3) is 0 Å². The van der Waals surface area contributed by atoms with Crippen LogP contribution in [0.3, 0.4) is 0 Å². The van der Waals surface area contributed by atoms with Crippen LogP contribution in [-0.2, 0) is 0 Å². The Morgan fingerprint density at radius 3 is 2.74 bits per heavy atom.